The van der Waals surface area contributed by atoms with Crippen LogP contribution in [0.5, 0.6) is 0 Å². The van der Waals surface area contributed by atoms with Gasteiger partial charge in [-0.3, -0.25) is 14.6 Å². The molecule has 1 unspecified atom stereocenters. The molecule has 0 spiro atoms. The van der Waals surface area contributed by atoms with E-state index in [1.807, 2.05) is 4.90 Å². The van der Waals surface area contributed by atoms with Crippen LogP contribution in [0, 0.1) is 5.82 Å². The molecule has 1 N–H and O–H groups in total. The Balaban J connectivity index is 1.64. The molecule has 1 amide bonds. The molecule has 1 aliphatic rings. The second-order valence-corrected chi connectivity index (χ2v) is 6.64. The lowest BCUT2D eigenvalue weighted by molar-refractivity contribution is -0.131. The quantitative estimate of drug-likeness (QED) is 0.905. The van der Waals surface area contributed by atoms with Crippen molar-refractivity contribution in [3.8, 4) is 0 Å². The number of nitrogens with one attached hydrogen (secondary N) is 1. The van der Waals surface area contributed by atoms with Crippen LogP contribution in [0.15, 0.2) is 46.1 Å². The summed E-state index contributed by atoms with van der Waals surface area (Å²) in [5.74, 6) is -0.0865. The largest absolute Gasteiger partial charge is 0.342 e. The van der Waals surface area contributed by atoms with E-state index in [9.17, 15) is 18.8 Å². The lowest BCUT2D eigenvalue weighted by Gasteiger charge is -2.25. The lowest BCUT2D eigenvalue weighted by atomic mass is 9.94. The Morgan fingerprint density at radius 3 is 2.65 bits per heavy atom. The van der Waals surface area contributed by atoms with Gasteiger partial charge in [0.05, 0.1) is 0 Å². The van der Waals surface area contributed by atoms with Crippen molar-refractivity contribution in [2.45, 2.75) is 38.1 Å². The van der Waals surface area contributed by atoms with Gasteiger partial charge in [-0.05, 0) is 30.5 Å². The minimum atomic E-state index is -0.509. The summed E-state index contributed by atoms with van der Waals surface area (Å²) < 4.78 is 14.5. The Bertz CT molecular complexity index is 873. The number of carbonyl (C=O) groups is 1. The van der Waals surface area contributed by atoms with E-state index in [2.05, 4.69) is 4.98 Å². The number of halogens is 1. The van der Waals surface area contributed by atoms with E-state index < -0.39 is 11.2 Å². The van der Waals surface area contributed by atoms with Gasteiger partial charge in [0.2, 0.25) is 5.91 Å². The van der Waals surface area contributed by atoms with Crippen LogP contribution in [0.2, 0.25) is 0 Å². The van der Waals surface area contributed by atoms with Crippen molar-refractivity contribution in [2.75, 3.05) is 13.1 Å². The molecule has 3 rings (SSSR count). The summed E-state index contributed by atoms with van der Waals surface area (Å²) in [5.41, 5.74) is 0.0838. The number of likely N-dealkylation sites (tertiary alicyclic amines) is 1. The second-order valence-electron chi connectivity index (χ2n) is 6.64. The molecular weight excluding hydrogens is 337 g/mol. The van der Waals surface area contributed by atoms with E-state index in [1.165, 1.54) is 29.0 Å². The van der Waals surface area contributed by atoms with Gasteiger partial charge in [0, 0.05) is 44.2 Å². The Kier molecular flexibility index (Phi) is 5.65. The average molecular weight is 359 g/mol. The fraction of sp³-hybridized carbons (Fsp3) is 0.421. The maximum absolute atomic E-state index is 13.1. The summed E-state index contributed by atoms with van der Waals surface area (Å²) in [6.07, 6.45) is 4.52. The van der Waals surface area contributed by atoms with Crippen LogP contribution in [0.1, 0.15) is 37.2 Å². The van der Waals surface area contributed by atoms with Crippen LogP contribution in [-0.2, 0) is 11.3 Å². The van der Waals surface area contributed by atoms with E-state index in [0.29, 0.717) is 13.1 Å². The third kappa shape index (κ3) is 4.47. The molecule has 0 saturated carbocycles. The number of aromatic amines is 1. The van der Waals surface area contributed by atoms with Crippen LogP contribution in [0.4, 0.5) is 4.39 Å². The number of amides is 1. The number of aryl methyl sites for hydroxylation is 1. The molecule has 26 heavy (non-hydrogen) atoms. The van der Waals surface area contributed by atoms with Crippen LogP contribution >= 0.6 is 0 Å². The van der Waals surface area contributed by atoms with Crippen molar-refractivity contribution in [1.82, 2.24) is 14.5 Å². The number of aromatic nitrogens is 2. The maximum Gasteiger partial charge on any atom is 0.328 e. The highest BCUT2D eigenvalue weighted by Crippen LogP contribution is 2.27. The summed E-state index contributed by atoms with van der Waals surface area (Å²) in [7, 11) is 0. The fourth-order valence-corrected chi connectivity index (χ4v) is 3.37. The lowest BCUT2D eigenvalue weighted by Crippen LogP contribution is -2.36. The molecule has 6 nitrogen and oxygen atoms in total. The Hall–Kier alpha value is -2.70. The number of hydrogen-bond acceptors (Lipinski definition) is 3. The SMILES string of the molecule is O=C(CCn1ccc(=O)[nH]c1=O)N1CCCCC(c2ccc(F)cc2)C1. The summed E-state index contributed by atoms with van der Waals surface area (Å²) in [6, 6.07) is 7.74. The molecule has 138 valence electrons. The third-order valence-electron chi connectivity index (χ3n) is 4.83. The van der Waals surface area contributed by atoms with Gasteiger partial charge in [-0.25, -0.2) is 9.18 Å². The van der Waals surface area contributed by atoms with E-state index in [1.54, 1.807) is 12.1 Å². The van der Waals surface area contributed by atoms with E-state index in [-0.39, 0.29) is 30.6 Å². The summed E-state index contributed by atoms with van der Waals surface area (Å²) in [4.78, 5) is 39.4. The van der Waals surface area contributed by atoms with Gasteiger partial charge < -0.3 is 9.47 Å². The van der Waals surface area contributed by atoms with E-state index in [4.69, 9.17) is 0 Å². The van der Waals surface area contributed by atoms with Gasteiger partial charge >= 0.3 is 5.69 Å². The molecule has 1 saturated heterocycles. The molecule has 2 aromatic rings. The van der Waals surface area contributed by atoms with Crippen molar-refractivity contribution in [3.63, 3.8) is 0 Å². The summed E-state index contributed by atoms with van der Waals surface area (Å²) >= 11 is 0. The van der Waals surface area contributed by atoms with Crippen LogP contribution < -0.4 is 11.2 Å². The van der Waals surface area contributed by atoms with Gasteiger partial charge in [0.25, 0.3) is 5.56 Å². The van der Waals surface area contributed by atoms with Gasteiger partial charge in [-0.1, -0.05) is 18.6 Å². The first-order chi connectivity index (χ1) is 12.5. The van der Waals surface area contributed by atoms with Crippen molar-refractivity contribution < 1.29 is 9.18 Å². The topological polar surface area (TPSA) is 75.2 Å². The average Bonchev–Trinajstić information content (AvgIpc) is 2.88. The van der Waals surface area contributed by atoms with Gasteiger partial charge in [0.1, 0.15) is 5.82 Å². The normalized spacial score (nSPS) is 17.7. The molecule has 0 aliphatic carbocycles. The first kappa shape index (κ1) is 18.1. The van der Waals surface area contributed by atoms with Crippen LogP contribution in [0.3, 0.4) is 0 Å². The molecule has 1 aromatic heterocycles. The minimum Gasteiger partial charge on any atom is -0.342 e. The van der Waals surface area contributed by atoms with Crippen molar-refractivity contribution >= 4 is 5.91 Å². The number of carbonyl (C=O) groups excluding carboxylic acids is 1. The maximum atomic E-state index is 13.1. The Morgan fingerprint density at radius 2 is 1.92 bits per heavy atom. The molecule has 1 atom stereocenters. The fourth-order valence-electron chi connectivity index (χ4n) is 3.37. The Morgan fingerprint density at radius 1 is 1.15 bits per heavy atom. The highest BCUT2D eigenvalue weighted by Gasteiger charge is 2.23. The van der Waals surface area contributed by atoms with Gasteiger partial charge in [-0.15, -0.1) is 0 Å². The molecular formula is C19H22FN3O3. The molecule has 1 aromatic carbocycles. The van der Waals surface area contributed by atoms with Crippen molar-refractivity contribution in [1.29, 1.82) is 0 Å². The van der Waals surface area contributed by atoms with Crippen molar-refractivity contribution in [3.05, 3.63) is 68.7 Å². The first-order valence-electron chi connectivity index (χ1n) is 8.86. The van der Waals surface area contributed by atoms with Crippen LogP contribution in [0.25, 0.3) is 0 Å². The predicted molar refractivity (Wildman–Crippen MR) is 95.5 cm³/mol. The monoisotopic (exact) mass is 359 g/mol. The van der Waals surface area contributed by atoms with Gasteiger partial charge in [-0.2, -0.15) is 0 Å². The molecule has 1 aliphatic heterocycles. The summed E-state index contributed by atoms with van der Waals surface area (Å²) in [5, 5.41) is 0. The van der Waals surface area contributed by atoms with Gasteiger partial charge in [0.15, 0.2) is 0 Å². The number of rotatable bonds is 4. The Labute approximate surface area is 150 Å². The zero-order chi connectivity index (χ0) is 18.5. The number of hydrogen-bond donors (Lipinski definition) is 1. The zero-order valence-corrected chi connectivity index (χ0v) is 14.5. The molecule has 1 fully saturated rings. The van der Waals surface area contributed by atoms with Crippen LogP contribution in [-0.4, -0.2) is 33.4 Å². The van der Waals surface area contributed by atoms with E-state index in [0.717, 1.165) is 24.8 Å². The van der Waals surface area contributed by atoms with E-state index >= 15 is 0 Å². The standard InChI is InChI=1S/C19H22FN3O3/c20-16-6-4-14(5-7-16)15-3-1-2-10-23(13-15)18(25)9-12-22-11-8-17(24)21-19(22)26/h4-8,11,15H,1-3,9-10,12-13H2,(H,21,24,26). The zero-order valence-electron chi connectivity index (χ0n) is 14.5. The number of nitrogens with zero attached hydrogens (tertiary/aromatic N) is 2. The number of benzene rings is 1. The summed E-state index contributed by atoms with van der Waals surface area (Å²) in [6.45, 7) is 1.52. The first-order valence-corrected chi connectivity index (χ1v) is 8.86. The minimum absolute atomic E-state index is 0.0166. The molecule has 7 heteroatoms. The third-order valence-corrected chi connectivity index (χ3v) is 4.83. The smallest absolute Gasteiger partial charge is 0.328 e. The highest BCUT2D eigenvalue weighted by atomic mass is 19.1. The van der Waals surface area contributed by atoms with Crippen molar-refractivity contribution in [2.24, 2.45) is 0 Å². The molecule has 0 bridgehead atoms. The molecule has 0 radical (unpaired) electrons. The highest BCUT2D eigenvalue weighted by molar-refractivity contribution is 5.76. The second kappa shape index (κ2) is 8.12. The number of H-pyrrole nitrogens is 1. The predicted octanol–water partition coefficient (Wildman–Crippen LogP) is 1.86. The molecule has 2 heterocycles.